The van der Waals surface area contributed by atoms with Crippen LogP contribution in [0.4, 0.5) is 17.6 Å². The zero-order valence-corrected chi connectivity index (χ0v) is 71.5. The largest absolute Gasteiger partial charge is 0.394 e. The molecule has 5 aliphatic rings. The van der Waals surface area contributed by atoms with Gasteiger partial charge in [-0.05, 0) is 76.9 Å². The maximum Gasteiger partial charge on any atom is 0.386 e. The molecule has 55 heteroatoms. The predicted molar refractivity (Wildman–Crippen MR) is 431 cm³/mol. The Bertz CT molecular complexity index is 5090. The highest BCUT2D eigenvalue weighted by Crippen LogP contribution is 2.61. The summed E-state index contributed by atoms with van der Waals surface area (Å²) in [4.78, 5) is 126. The van der Waals surface area contributed by atoms with Crippen molar-refractivity contribution in [3.05, 3.63) is 126 Å². The molecule has 5 aliphatic heterocycles. The number of thiol groups is 3. The topological polar surface area (TPSA) is 588 Å². The summed E-state index contributed by atoms with van der Waals surface area (Å²) < 4.78 is 139. The molecular formula is C61H88BrN17O28P4S5. The number of carbonyl (C=O) groups is 1. The Kier molecular flexibility index (Phi) is 32.1. The van der Waals surface area contributed by atoms with Crippen LogP contribution < -0.4 is 67.7 Å². The molecule has 642 valence electrons. The third-order valence-electron chi connectivity index (χ3n) is 18.6. The number of imidazole rings is 1. The SMILES string of the molecule is Cc1cn([C@H]2C[C@@H](OP(=S)(OCCOCCOCCNC(=O)CCOCCN)OC[C@H]3O[C@@H](n4ccc(N)nc4=O)C[C@H]3C(C)C)[C@@H](COP(=S)(S)O[C@@H]3C[C@H](n4cnc5c(=O)[nH]c(N)nc54)O[C@@H]3COP(=O)(S)O[C@@H]3C[C@H](n4ccc(N)nc4=O)O[C@@H]3COP(=O)(S)O[C@@H]3C[C@H](n4cc(Br)c(=O)[nH]c4=O)O[C@@H]3CO)O2)c(=O)[nH]c1=O. The molecule has 6 aromatic heterocycles. The predicted octanol–water partition coefficient (Wildman–Crippen LogP) is 1.85. The first kappa shape index (κ1) is 91.6. The summed E-state index contributed by atoms with van der Waals surface area (Å²) in [6, 6.07) is 2.78. The third-order valence-corrected chi connectivity index (χ3v) is 27.1. The van der Waals surface area contributed by atoms with E-state index in [2.05, 4.69) is 80.6 Å². The van der Waals surface area contributed by atoms with Crippen LogP contribution in [0.3, 0.4) is 0 Å². The van der Waals surface area contributed by atoms with Gasteiger partial charge in [-0.1, -0.05) is 50.6 Å². The van der Waals surface area contributed by atoms with Crippen LogP contribution in [-0.2, 0) is 116 Å². The molecule has 0 saturated carbocycles. The number of hydrogen-bond donors (Lipinski definition) is 12. The van der Waals surface area contributed by atoms with Crippen molar-refractivity contribution in [3.8, 4) is 0 Å². The van der Waals surface area contributed by atoms with E-state index in [0.29, 0.717) is 19.6 Å². The zero-order chi connectivity index (χ0) is 83.6. The van der Waals surface area contributed by atoms with E-state index < -0.39 is 178 Å². The number of ether oxygens (including phenoxy) is 8. The van der Waals surface area contributed by atoms with Crippen molar-refractivity contribution in [3.63, 3.8) is 0 Å². The van der Waals surface area contributed by atoms with Gasteiger partial charge in [-0.15, -0.1) is 0 Å². The van der Waals surface area contributed by atoms with Crippen LogP contribution in [0.25, 0.3) is 11.2 Å². The minimum absolute atomic E-state index is 0.0145. The van der Waals surface area contributed by atoms with Gasteiger partial charge in [0.05, 0.1) is 108 Å². The lowest BCUT2D eigenvalue weighted by Gasteiger charge is -2.30. The Morgan fingerprint density at radius 1 is 0.603 bits per heavy atom. The number of nitrogen functional groups attached to an aromatic ring is 3. The fraction of sp³-hybridized carbons (Fsp3) is 0.639. The Morgan fingerprint density at radius 2 is 1.09 bits per heavy atom. The first-order chi connectivity index (χ1) is 55.1. The van der Waals surface area contributed by atoms with E-state index in [1.54, 1.807) is 0 Å². The van der Waals surface area contributed by atoms with E-state index in [-0.39, 0.29) is 141 Å². The second kappa shape index (κ2) is 40.7. The van der Waals surface area contributed by atoms with Crippen molar-refractivity contribution in [1.82, 2.24) is 63.0 Å². The number of aliphatic hydroxyl groups excluding tert-OH is 1. The van der Waals surface area contributed by atoms with Gasteiger partial charge in [0.2, 0.25) is 17.5 Å². The molecule has 45 nitrogen and oxygen atoms in total. The van der Waals surface area contributed by atoms with Crippen molar-refractivity contribution < 1.29 is 97.6 Å². The number of halogens is 1. The average molecular weight is 1870 g/mol. The Hall–Kier alpha value is -5.13. The summed E-state index contributed by atoms with van der Waals surface area (Å²) in [5.74, 6) is -0.823. The van der Waals surface area contributed by atoms with Crippen LogP contribution in [0.2, 0.25) is 0 Å². The monoisotopic (exact) mass is 1870 g/mol. The molecule has 4 unspecified atom stereocenters. The average Bonchev–Trinajstić information content (AvgIpc) is 1.63. The summed E-state index contributed by atoms with van der Waals surface area (Å²) in [6.07, 6.45) is -10.2. The lowest BCUT2D eigenvalue weighted by atomic mass is 9.89. The van der Waals surface area contributed by atoms with Crippen LogP contribution in [0.5, 0.6) is 0 Å². The van der Waals surface area contributed by atoms with Gasteiger partial charge in [0.15, 0.2) is 11.2 Å². The summed E-state index contributed by atoms with van der Waals surface area (Å²) in [5.41, 5.74) is 13.8. The number of aromatic amines is 3. The van der Waals surface area contributed by atoms with Gasteiger partial charge in [-0.3, -0.25) is 75.1 Å². The number of H-pyrrole nitrogens is 3. The fourth-order valence-electron chi connectivity index (χ4n) is 13.0. The fourth-order valence-corrected chi connectivity index (χ4v) is 20.5. The normalized spacial score (nSPS) is 27.0. The number of anilines is 3. The lowest BCUT2D eigenvalue weighted by molar-refractivity contribution is -0.122. The molecule has 19 atom stereocenters. The Balaban J connectivity index is 0.801. The molecule has 0 radical (unpaired) electrons. The number of rotatable bonds is 42. The number of aryl methyl sites for hydroxylation is 1. The molecule has 0 aliphatic carbocycles. The van der Waals surface area contributed by atoms with Crippen LogP contribution in [0, 0.1) is 18.8 Å². The van der Waals surface area contributed by atoms with Crippen molar-refractivity contribution in [2.24, 2.45) is 17.6 Å². The maximum atomic E-state index is 14.8. The molecule has 5 fully saturated rings. The van der Waals surface area contributed by atoms with Crippen molar-refractivity contribution >= 4 is 137 Å². The van der Waals surface area contributed by atoms with Crippen LogP contribution in [-0.4, -0.2) is 216 Å². The summed E-state index contributed by atoms with van der Waals surface area (Å²) in [7, 11) is 0. The van der Waals surface area contributed by atoms with E-state index in [4.69, 9.17) is 137 Å². The number of nitrogens with zero attached hydrogens (tertiary/aromatic N) is 9. The van der Waals surface area contributed by atoms with Gasteiger partial charge in [0.1, 0.15) is 79.4 Å². The number of amides is 1. The molecule has 13 N–H and O–H groups in total. The standard InChI is InChI=1S/C61H88BrN17O28P4S5/c1-31(2)33-18-47(75-9-4-44(64)69-58(75)85)100-40(33)26-97-110(114,94-17-16-93-15-14-92-13-8-67-46(81)6-11-91-12-7-63)106-37-21-49(77-23-32(3)54(82)73-60(77)87)102-43(37)29-98-111(115,116)107-38-22-51(79-30-68-52-53(79)71-57(66)72-56(52)84)103-42(38)28-96-109(90,113)105-36-20-48(76-10-5-45(65)70-59(76)86)101-41(36)27-95-108(89,112)104-35-19-50(99-39(35)25-80)78-24-34(62)55(83)74-61(78)88/h4-5,9-10,23-24,30-31,33,35-43,47-51,80H,6-8,11-22,25-29,63H2,1-3H3,(H,67,81)(H,89,112)(H,90,113)(H,115,116)(H2,64,69,85)(H2,65,70,86)(H,73,82,87)(H,74,83,88)(H3,66,71,72,84)/t33-,35+,36+,37+,38+,39+,40+,41+,42+,43+,47+,48+,49+,50+,51+,108?,109?,110?/m0/s1. The molecule has 11 heterocycles. The summed E-state index contributed by atoms with van der Waals surface area (Å²) in [6.45, 7) is -9.40. The van der Waals surface area contributed by atoms with Gasteiger partial charge in [0.25, 0.3) is 16.7 Å². The van der Waals surface area contributed by atoms with E-state index in [1.165, 1.54) is 59.3 Å². The number of nitrogens with one attached hydrogen (secondary N) is 4. The number of carbonyl (C=O) groups excluding carboxylic acids is 1. The first-order valence-corrected chi connectivity index (χ1v) is 48.5. The van der Waals surface area contributed by atoms with Crippen LogP contribution in [0.1, 0.15) is 89.1 Å². The van der Waals surface area contributed by atoms with E-state index in [0.717, 1.165) is 13.7 Å². The Morgan fingerprint density at radius 3 is 1.68 bits per heavy atom. The molecular weight excluding hydrogens is 1780 g/mol. The first-order valence-electron chi connectivity index (χ1n) is 35.9. The van der Waals surface area contributed by atoms with Gasteiger partial charge in [-0.2, -0.15) is 15.0 Å². The van der Waals surface area contributed by atoms with Crippen molar-refractivity contribution in [1.29, 1.82) is 0 Å². The molecule has 11 rings (SSSR count). The number of aliphatic hydroxyl groups is 1. The second-order valence-electron chi connectivity index (χ2n) is 27.1. The van der Waals surface area contributed by atoms with Crippen LogP contribution in [0.15, 0.2) is 81.3 Å². The smallest absolute Gasteiger partial charge is 0.386 e. The minimum Gasteiger partial charge on any atom is -0.394 e. The number of fused-ring (bicyclic) bond motifs is 1. The second-order valence-corrected chi connectivity index (χ2v) is 41.9. The molecule has 0 aromatic carbocycles. The van der Waals surface area contributed by atoms with E-state index in [1.807, 2.05) is 13.8 Å². The third kappa shape index (κ3) is 24.4. The van der Waals surface area contributed by atoms with Gasteiger partial charge in [0, 0.05) is 75.5 Å². The Labute approximate surface area is 692 Å². The van der Waals surface area contributed by atoms with Gasteiger partial charge < -0.3 is 93.9 Å². The molecule has 5 saturated heterocycles. The summed E-state index contributed by atoms with van der Waals surface area (Å²) >= 11 is 28.6. The highest BCUT2D eigenvalue weighted by molar-refractivity contribution is 9.10. The van der Waals surface area contributed by atoms with E-state index >= 15 is 0 Å². The highest BCUT2D eigenvalue weighted by atomic mass is 79.9. The minimum atomic E-state index is -4.71. The van der Waals surface area contributed by atoms with Crippen molar-refractivity contribution in [2.45, 2.75) is 145 Å². The van der Waals surface area contributed by atoms with E-state index in [9.17, 15) is 52.6 Å². The van der Waals surface area contributed by atoms with Gasteiger partial charge >= 0.3 is 43.1 Å². The highest BCUT2D eigenvalue weighted by Gasteiger charge is 2.49. The zero-order valence-electron chi connectivity index (χ0n) is 62.1. The number of hydrogen-bond acceptors (Lipinski definition) is 38. The molecule has 6 aromatic rings. The molecule has 0 bridgehead atoms. The lowest BCUT2D eigenvalue weighted by Crippen LogP contribution is -2.33. The van der Waals surface area contributed by atoms with Gasteiger partial charge in [-0.25, -0.2) is 33.3 Å². The number of aromatic nitrogens is 12. The molecule has 0 spiro atoms. The van der Waals surface area contributed by atoms with Crippen LogP contribution >= 0.6 is 78.7 Å². The molecule has 116 heavy (non-hydrogen) atoms. The summed E-state index contributed by atoms with van der Waals surface area (Å²) in [5, 5.41) is 13.0. The van der Waals surface area contributed by atoms with Crippen molar-refractivity contribution in [2.75, 3.05) is 110 Å². The number of nitrogens with two attached hydrogens (primary N) is 4. The molecule has 1 amide bonds. The maximum absolute atomic E-state index is 14.8. The quantitative estimate of drug-likeness (QED) is 0.0148.